The van der Waals surface area contributed by atoms with Crippen LogP contribution in [0.3, 0.4) is 0 Å². The second-order valence-corrected chi connectivity index (χ2v) is 6.41. The Morgan fingerprint density at radius 3 is 2.72 bits per heavy atom. The molecule has 5 nitrogen and oxygen atoms in total. The molecule has 3 rings (SSSR count). The van der Waals surface area contributed by atoms with Gasteiger partial charge in [0.1, 0.15) is 5.75 Å². The quantitative estimate of drug-likeness (QED) is 0.891. The highest BCUT2D eigenvalue weighted by molar-refractivity contribution is 6.32. The van der Waals surface area contributed by atoms with Crippen LogP contribution in [0.15, 0.2) is 48.5 Å². The van der Waals surface area contributed by atoms with E-state index in [1.54, 1.807) is 23.1 Å². The van der Waals surface area contributed by atoms with Gasteiger partial charge in [0.05, 0.1) is 18.1 Å². The minimum atomic E-state index is -0.364. The van der Waals surface area contributed by atoms with Gasteiger partial charge in [-0.1, -0.05) is 41.9 Å². The molecule has 1 unspecified atom stereocenters. The Balaban J connectivity index is 1.61. The number of ether oxygens (including phenoxy) is 1. The summed E-state index contributed by atoms with van der Waals surface area (Å²) >= 11 is 6.07. The smallest absolute Gasteiger partial charge is 0.229 e. The molecule has 6 heteroatoms. The maximum atomic E-state index is 12.5. The minimum absolute atomic E-state index is 0.00299. The van der Waals surface area contributed by atoms with Crippen LogP contribution in [-0.2, 0) is 16.1 Å². The van der Waals surface area contributed by atoms with E-state index in [9.17, 15) is 9.59 Å². The Hall–Kier alpha value is -2.53. The number of nitrogens with one attached hydrogen (secondary N) is 1. The first-order chi connectivity index (χ1) is 12.1. The van der Waals surface area contributed by atoms with Gasteiger partial charge in [-0.05, 0) is 23.8 Å². The van der Waals surface area contributed by atoms with Crippen molar-refractivity contribution >= 4 is 29.1 Å². The van der Waals surface area contributed by atoms with Crippen molar-refractivity contribution < 1.29 is 14.3 Å². The van der Waals surface area contributed by atoms with Crippen molar-refractivity contribution in [3.8, 4) is 5.75 Å². The van der Waals surface area contributed by atoms with Crippen LogP contribution in [0.2, 0.25) is 5.02 Å². The fourth-order valence-electron chi connectivity index (χ4n) is 2.89. The second-order valence-electron chi connectivity index (χ2n) is 6.00. The molecule has 0 aliphatic carbocycles. The Kier molecular flexibility index (Phi) is 5.24. The number of carbonyl (C=O) groups is 2. The molecule has 1 N–H and O–H groups in total. The van der Waals surface area contributed by atoms with E-state index in [-0.39, 0.29) is 24.2 Å². The number of hydrogen-bond donors (Lipinski definition) is 1. The summed E-state index contributed by atoms with van der Waals surface area (Å²) in [5, 5.41) is 3.25. The highest BCUT2D eigenvalue weighted by Gasteiger charge is 2.34. The molecule has 1 fully saturated rings. The maximum absolute atomic E-state index is 12.5. The van der Waals surface area contributed by atoms with Crippen molar-refractivity contribution in [2.45, 2.75) is 13.0 Å². The van der Waals surface area contributed by atoms with E-state index in [0.29, 0.717) is 29.5 Å². The molecule has 1 aliphatic rings. The van der Waals surface area contributed by atoms with E-state index in [0.717, 1.165) is 5.56 Å². The van der Waals surface area contributed by atoms with Crippen LogP contribution in [-0.4, -0.2) is 30.4 Å². The average molecular weight is 359 g/mol. The van der Waals surface area contributed by atoms with Crippen LogP contribution in [0.4, 0.5) is 5.69 Å². The van der Waals surface area contributed by atoms with Crippen molar-refractivity contribution in [1.29, 1.82) is 0 Å². The molecule has 0 saturated carbocycles. The predicted octanol–water partition coefficient (Wildman–Crippen LogP) is 3.34. The summed E-state index contributed by atoms with van der Waals surface area (Å²) in [5.74, 6) is 0.00347. The number of likely N-dealkylation sites (tertiary alicyclic amines) is 1. The Morgan fingerprint density at radius 2 is 2.04 bits per heavy atom. The van der Waals surface area contributed by atoms with Gasteiger partial charge in [-0.15, -0.1) is 0 Å². The van der Waals surface area contributed by atoms with E-state index in [4.69, 9.17) is 16.3 Å². The number of rotatable bonds is 5. The molecule has 130 valence electrons. The van der Waals surface area contributed by atoms with Crippen LogP contribution >= 0.6 is 11.6 Å². The molecule has 0 radical (unpaired) electrons. The van der Waals surface area contributed by atoms with Gasteiger partial charge in [-0.2, -0.15) is 0 Å². The lowest BCUT2D eigenvalue weighted by molar-refractivity contribution is -0.128. The zero-order valence-corrected chi connectivity index (χ0v) is 14.6. The van der Waals surface area contributed by atoms with Crippen molar-refractivity contribution in [2.75, 3.05) is 19.0 Å². The molecule has 2 amide bonds. The summed E-state index contributed by atoms with van der Waals surface area (Å²) in [6.07, 6.45) is 0.225. The highest BCUT2D eigenvalue weighted by Crippen LogP contribution is 2.28. The van der Waals surface area contributed by atoms with E-state index < -0.39 is 0 Å². The summed E-state index contributed by atoms with van der Waals surface area (Å²) in [6.45, 7) is 0.946. The van der Waals surface area contributed by atoms with Crippen LogP contribution in [0.25, 0.3) is 0 Å². The fraction of sp³-hybridized carbons (Fsp3) is 0.263. The third kappa shape index (κ3) is 4.12. The van der Waals surface area contributed by atoms with Gasteiger partial charge >= 0.3 is 0 Å². The highest BCUT2D eigenvalue weighted by atomic mass is 35.5. The van der Waals surface area contributed by atoms with Crippen molar-refractivity contribution in [3.05, 3.63) is 59.1 Å². The van der Waals surface area contributed by atoms with Gasteiger partial charge in [-0.25, -0.2) is 0 Å². The number of methoxy groups -OCH3 is 1. The standard InChI is InChI=1S/C19H19ClN2O3/c1-25-17-8-7-15(10-16(17)20)21-19(24)14-9-18(23)22(12-14)11-13-5-3-2-4-6-13/h2-8,10,14H,9,11-12H2,1H3,(H,21,24). The van der Waals surface area contributed by atoms with Gasteiger partial charge < -0.3 is 15.0 Å². The summed E-state index contributed by atoms with van der Waals surface area (Å²) in [5.41, 5.74) is 1.64. The van der Waals surface area contributed by atoms with Gasteiger partial charge in [-0.3, -0.25) is 9.59 Å². The number of carbonyl (C=O) groups excluding carboxylic acids is 2. The molecule has 0 aromatic heterocycles. The SMILES string of the molecule is COc1ccc(NC(=O)C2CC(=O)N(Cc3ccccc3)C2)cc1Cl. The second kappa shape index (κ2) is 7.57. The van der Waals surface area contributed by atoms with Gasteiger partial charge in [0.2, 0.25) is 11.8 Å². The van der Waals surface area contributed by atoms with E-state index >= 15 is 0 Å². The lowest BCUT2D eigenvalue weighted by Crippen LogP contribution is -2.28. The van der Waals surface area contributed by atoms with Crippen LogP contribution in [0.1, 0.15) is 12.0 Å². The number of nitrogens with zero attached hydrogens (tertiary/aromatic N) is 1. The first kappa shape index (κ1) is 17.3. The molecule has 0 bridgehead atoms. The zero-order valence-electron chi connectivity index (χ0n) is 13.9. The lowest BCUT2D eigenvalue weighted by Gasteiger charge is -2.16. The van der Waals surface area contributed by atoms with Crippen molar-refractivity contribution in [1.82, 2.24) is 4.90 Å². The number of anilines is 1. The van der Waals surface area contributed by atoms with Crippen LogP contribution < -0.4 is 10.1 Å². The first-order valence-electron chi connectivity index (χ1n) is 8.03. The van der Waals surface area contributed by atoms with Gasteiger partial charge in [0.25, 0.3) is 0 Å². The number of amides is 2. The largest absolute Gasteiger partial charge is 0.495 e. The molecule has 1 atom stereocenters. The van der Waals surface area contributed by atoms with Crippen molar-refractivity contribution in [3.63, 3.8) is 0 Å². The average Bonchev–Trinajstić information content (AvgIpc) is 2.97. The predicted molar refractivity (Wildman–Crippen MR) is 96.6 cm³/mol. The summed E-state index contributed by atoms with van der Waals surface area (Å²) in [7, 11) is 1.53. The fourth-order valence-corrected chi connectivity index (χ4v) is 3.15. The van der Waals surface area contributed by atoms with E-state index in [2.05, 4.69) is 5.32 Å². The molecule has 0 spiro atoms. The Labute approximate surface area is 151 Å². The molecule has 1 saturated heterocycles. The third-order valence-corrected chi connectivity index (χ3v) is 4.52. The number of benzene rings is 2. The zero-order chi connectivity index (χ0) is 17.8. The number of halogens is 1. The lowest BCUT2D eigenvalue weighted by atomic mass is 10.1. The maximum Gasteiger partial charge on any atom is 0.229 e. The topological polar surface area (TPSA) is 58.6 Å². The molecule has 2 aromatic carbocycles. The summed E-state index contributed by atoms with van der Waals surface area (Å²) in [4.78, 5) is 26.4. The Morgan fingerprint density at radius 1 is 1.28 bits per heavy atom. The van der Waals surface area contributed by atoms with Gasteiger partial charge in [0, 0.05) is 25.2 Å². The van der Waals surface area contributed by atoms with Crippen LogP contribution in [0.5, 0.6) is 5.75 Å². The number of hydrogen-bond acceptors (Lipinski definition) is 3. The summed E-state index contributed by atoms with van der Waals surface area (Å²) < 4.78 is 5.09. The minimum Gasteiger partial charge on any atom is -0.495 e. The molecular weight excluding hydrogens is 340 g/mol. The first-order valence-corrected chi connectivity index (χ1v) is 8.40. The molecule has 2 aromatic rings. The molecule has 1 aliphatic heterocycles. The molecular formula is C19H19ClN2O3. The van der Waals surface area contributed by atoms with Gasteiger partial charge in [0.15, 0.2) is 0 Å². The summed E-state index contributed by atoms with van der Waals surface area (Å²) in [6, 6.07) is 14.8. The normalized spacial score (nSPS) is 16.8. The third-order valence-electron chi connectivity index (χ3n) is 4.22. The van der Waals surface area contributed by atoms with E-state index in [1.165, 1.54) is 7.11 Å². The monoisotopic (exact) mass is 358 g/mol. The van der Waals surface area contributed by atoms with E-state index in [1.807, 2.05) is 30.3 Å². The van der Waals surface area contributed by atoms with Crippen molar-refractivity contribution in [2.24, 2.45) is 5.92 Å². The Bertz CT molecular complexity index is 779. The molecule has 25 heavy (non-hydrogen) atoms. The molecule has 1 heterocycles. The van der Waals surface area contributed by atoms with Crippen LogP contribution in [0, 0.1) is 5.92 Å².